The summed E-state index contributed by atoms with van der Waals surface area (Å²) in [5.74, 6) is 0. The van der Waals surface area contributed by atoms with Gasteiger partial charge in [-0.3, -0.25) is 0 Å². The van der Waals surface area contributed by atoms with E-state index in [1.807, 2.05) is 0 Å². The number of allylic oxidation sites excluding steroid dienone is 2. The van der Waals surface area contributed by atoms with Crippen molar-refractivity contribution in [2.45, 2.75) is 33.6 Å². The Kier molecular flexibility index (Phi) is 3.77. The molecule has 0 heterocycles. The fourth-order valence-corrected chi connectivity index (χ4v) is 0.493. The van der Waals surface area contributed by atoms with Gasteiger partial charge in [-0.15, -0.1) is 0 Å². The minimum atomic E-state index is 1.18. The molecule has 0 spiro atoms. The standard InChI is InChI=1S/C7H14/c1-4-6-7(3)5-2/h6H,4-5H2,1-3H3/b7-6+. The van der Waals surface area contributed by atoms with Crippen LogP contribution in [0.5, 0.6) is 0 Å². The molecule has 0 aliphatic heterocycles. The maximum atomic E-state index is 2.26. The van der Waals surface area contributed by atoms with Crippen LogP contribution in [0.1, 0.15) is 33.6 Å². The topological polar surface area (TPSA) is 0 Å². The van der Waals surface area contributed by atoms with Gasteiger partial charge in [-0.1, -0.05) is 25.5 Å². The number of hydrogen-bond acceptors (Lipinski definition) is 0. The molecule has 0 amide bonds. The molecule has 7 heavy (non-hydrogen) atoms. The van der Waals surface area contributed by atoms with E-state index in [4.69, 9.17) is 0 Å². The molecule has 0 aliphatic rings. The van der Waals surface area contributed by atoms with E-state index < -0.39 is 0 Å². The van der Waals surface area contributed by atoms with E-state index in [2.05, 4.69) is 26.8 Å². The molecular formula is C7H14. The van der Waals surface area contributed by atoms with E-state index in [-0.39, 0.29) is 0 Å². The van der Waals surface area contributed by atoms with Gasteiger partial charge in [0.15, 0.2) is 0 Å². The zero-order chi connectivity index (χ0) is 5.70. The van der Waals surface area contributed by atoms with Gasteiger partial charge in [0.2, 0.25) is 0 Å². The molecule has 0 aromatic heterocycles. The molecule has 0 heteroatoms. The molecule has 0 saturated heterocycles. The minimum absolute atomic E-state index is 1.18. The highest BCUT2D eigenvalue weighted by Crippen LogP contribution is 1.97. The van der Waals surface area contributed by atoms with E-state index in [0.29, 0.717) is 0 Å². The Morgan fingerprint density at radius 1 is 1.43 bits per heavy atom. The third kappa shape index (κ3) is 3.57. The quantitative estimate of drug-likeness (QED) is 0.466. The average molecular weight is 98.2 g/mol. The van der Waals surface area contributed by atoms with E-state index in [0.717, 1.165) is 0 Å². The first-order valence-corrected chi connectivity index (χ1v) is 2.96. The van der Waals surface area contributed by atoms with Crippen molar-refractivity contribution in [3.05, 3.63) is 11.6 Å². The number of hydrogen-bond donors (Lipinski definition) is 0. The van der Waals surface area contributed by atoms with Crippen molar-refractivity contribution in [1.82, 2.24) is 0 Å². The predicted molar refractivity (Wildman–Crippen MR) is 34.3 cm³/mol. The Labute approximate surface area is 46.2 Å². The van der Waals surface area contributed by atoms with Crippen molar-refractivity contribution in [2.75, 3.05) is 0 Å². The highest BCUT2D eigenvalue weighted by Gasteiger charge is 1.76. The molecule has 0 atom stereocenters. The molecule has 0 aliphatic carbocycles. The van der Waals surface area contributed by atoms with Crippen LogP contribution in [0.25, 0.3) is 0 Å². The highest BCUT2D eigenvalue weighted by atomic mass is 13.8. The van der Waals surface area contributed by atoms with Gasteiger partial charge in [0.05, 0.1) is 0 Å². The first kappa shape index (κ1) is 6.74. The Hall–Kier alpha value is -0.260. The minimum Gasteiger partial charge on any atom is -0.0859 e. The highest BCUT2D eigenvalue weighted by molar-refractivity contribution is 4.95. The summed E-state index contributed by atoms with van der Waals surface area (Å²) in [6.45, 7) is 6.52. The van der Waals surface area contributed by atoms with Gasteiger partial charge in [-0.05, 0) is 19.8 Å². The second-order valence-corrected chi connectivity index (χ2v) is 1.81. The van der Waals surface area contributed by atoms with Crippen molar-refractivity contribution in [3.8, 4) is 0 Å². The van der Waals surface area contributed by atoms with Gasteiger partial charge < -0.3 is 0 Å². The summed E-state index contributed by atoms with van der Waals surface area (Å²) < 4.78 is 0. The third-order valence-corrected chi connectivity index (χ3v) is 1.11. The fraction of sp³-hybridized carbons (Fsp3) is 0.714. The van der Waals surface area contributed by atoms with Gasteiger partial charge in [-0.25, -0.2) is 0 Å². The molecule has 0 fully saturated rings. The molecule has 0 nitrogen and oxygen atoms in total. The zero-order valence-electron chi connectivity index (χ0n) is 5.49. The summed E-state index contributed by atoms with van der Waals surface area (Å²) in [4.78, 5) is 0. The normalized spacial score (nSPS) is 12.1. The lowest BCUT2D eigenvalue weighted by Gasteiger charge is -1.88. The molecule has 0 N–H and O–H groups in total. The molecule has 0 aromatic carbocycles. The monoisotopic (exact) mass is 98.1 g/mol. The third-order valence-electron chi connectivity index (χ3n) is 1.11. The second-order valence-electron chi connectivity index (χ2n) is 1.81. The van der Waals surface area contributed by atoms with Crippen LogP contribution in [0, 0.1) is 0 Å². The van der Waals surface area contributed by atoms with Crippen LogP contribution in [-0.2, 0) is 0 Å². The molecular weight excluding hydrogens is 84.1 g/mol. The summed E-state index contributed by atoms with van der Waals surface area (Å²) in [5.41, 5.74) is 1.50. The number of rotatable bonds is 2. The van der Waals surface area contributed by atoms with Gasteiger partial charge in [0, 0.05) is 0 Å². The smallest absolute Gasteiger partial charge is 0.0352 e. The molecule has 42 valence electrons. The zero-order valence-corrected chi connectivity index (χ0v) is 5.49. The summed E-state index contributed by atoms with van der Waals surface area (Å²) in [6, 6.07) is 0. The summed E-state index contributed by atoms with van der Waals surface area (Å²) >= 11 is 0. The first-order chi connectivity index (χ1) is 3.31. The lowest BCUT2D eigenvalue weighted by Crippen LogP contribution is -1.67. The average Bonchev–Trinajstić information content (AvgIpc) is 1.68. The summed E-state index contributed by atoms with van der Waals surface area (Å²) in [6.07, 6.45) is 4.65. The van der Waals surface area contributed by atoms with Crippen LogP contribution in [0.4, 0.5) is 0 Å². The predicted octanol–water partition coefficient (Wildman–Crippen LogP) is 2.75. The Balaban J connectivity index is 3.29. The summed E-state index contributed by atoms with van der Waals surface area (Å²) in [7, 11) is 0. The van der Waals surface area contributed by atoms with Crippen LogP contribution >= 0.6 is 0 Å². The Morgan fingerprint density at radius 3 is 2.14 bits per heavy atom. The maximum absolute atomic E-state index is 2.26. The van der Waals surface area contributed by atoms with E-state index in [1.165, 1.54) is 18.4 Å². The first-order valence-electron chi connectivity index (χ1n) is 2.96. The molecule has 0 bridgehead atoms. The van der Waals surface area contributed by atoms with Crippen molar-refractivity contribution in [1.29, 1.82) is 0 Å². The van der Waals surface area contributed by atoms with Gasteiger partial charge in [0.1, 0.15) is 0 Å². The maximum Gasteiger partial charge on any atom is -0.0352 e. The van der Waals surface area contributed by atoms with Gasteiger partial charge >= 0.3 is 0 Å². The summed E-state index contributed by atoms with van der Waals surface area (Å²) in [5, 5.41) is 0. The van der Waals surface area contributed by atoms with Crippen LogP contribution in [0.15, 0.2) is 11.6 Å². The van der Waals surface area contributed by atoms with Crippen LogP contribution in [-0.4, -0.2) is 0 Å². The van der Waals surface area contributed by atoms with E-state index in [9.17, 15) is 0 Å². The van der Waals surface area contributed by atoms with Crippen LogP contribution in [0.2, 0.25) is 0 Å². The Morgan fingerprint density at radius 2 is 2.00 bits per heavy atom. The molecule has 0 unspecified atom stereocenters. The van der Waals surface area contributed by atoms with E-state index >= 15 is 0 Å². The van der Waals surface area contributed by atoms with Crippen LogP contribution < -0.4 is 0 Å². The lowest BCUT2D eigenvalue weighted by atomic mass is 10.2. The molecule has 0 radical (unpaired) electrons. The van der Waals surface area contributed by atoms with Crippen molar-refractivity contribution >= 4 is 0 Å². The fourth-order valence-electron chi connectivity index (χ4n) is 0.493. The Bertz CT molecular complexity index is 60.4. The van der Waals surface area contributed by atoms with Gasteiger partial charge in [0.25, 0.3) is 0 Å². The lowest BCUT2D eigenvalue weighted by molar-refractivity contribution is 1.06. The van der Waals surface area contributed by atoms with Crippen molar-refractivity contribution < 1.29 is 0 Å². The van der Waals surface area contributed by atoms with Crippen LogP contribution in [0.3, 0.4) is 0 Å². The molecule has 0 rings (SSSR count). The van der Waals surface area contributed by atoms with E-state index in [1.54, 1.807) is 0 Å². The van der Waals surface area contributed by atoms with Crippen molar-refractivity contribution in [3.63, 3.8) is 0 Å². The SMILES string of the molecule is CC/C=C(\C)CC. The molecule has 0 aromatic rings. The second kappa shape index (κ2) is 3.91. The molecule has 0 saturated carbocycles. The van der Waals surface area contributed by atoms with Crippen molar-refractivity contribution in [2.24, 2.45) is 0 Å². The van der Waals surface area contributed by atoms with Gasteiger partial charge in [-0.2, -0.15) is 0 Å². The largest absolute Gasteiger partial charge is 0.0859 e.